The van der Waals surface area contributed by atoms with Crippen LogP contribution in [0.5, 0.6) is 11.5 Å². The van der Waals surface area contributed by atoms with Crippen LogP contribution in [0.15, 0.2) is 85.1 Å². The molecule has 2 aromatic carbocycles. The Kier molecular flexibility index (Phi) is 6.04. The van der Waals surface area contributed by atoms with Gasteiger partial charge in [-0.3, -0.25) is 9.78 Å². The van der Waals surface area contributed by atoms with Gasteiger partial charge in [-0.05, 0) is 67.6 Å². The molecular formula is C26H22N6O3. The maximum Gasteiger partial charge on any atom is 0.265 e. The zero-order valence-corrected chi connectivity index (χ0v) is 19.1. The topological polar surface area (TPSA) is 104 Å². The van der Waals surface area contributed by atoms with E-state index in [9.17, 15) is 4.79 Å². The first kappa shape index (κ1) is 22.0. The normalized spacial score (nSPS) is 11.7. The third-order valence-corrected chi connectivity index (χ3v) is 5.32. The number of methoxy groups -OCH3 is 1. The lowest BCUT2D eigenvalue weighted by Crippen LogP contribution is -2.30. The third kappa shape index (κ3) is 4.79. The van der Waals surface area contributed by atoms with Gasteiger partial charge in [-0.25, -0.2) is 0 Å². The summed E-state index contributed by atoms with van der Waals surface area (Å²) < 4.78 is 12.6. The first-order valence-electron chi connectivity index (χ1n) is 11.0. The van der Waals surface area contributed by atoms with Crippen molar-refractivity contribution < 1.29 is 14.3 Å². The number of hydrogen-bond acceptors (Lipinski definition) is 7. The SMILES string of the molecule is COc1ccc(OC(C)C(=O)Nc2cccc(-c3ccc4nnc(-c5ccccn5)n4n3)c2)cc1. The van der Waals surface area contributed by atoms with Gasteiger partial charge in [0.25, 0.3) is 5.91 Å². The zero-order valence-electron chi connectivity index (χ0n) is 19.1. The summed E-state index contributed by atoms with van der Waals surface area (Å²) in [5, 5.41) is 16.0. The molecule has 0 radical (unpaired) electrons. The quantitative estimate of drug-likeness (QED) is 0.382. The molecule has 1 amide bonds. The van der Waals surface area contributed by atoms with E-state index in [4.69, 9.17) is 14.6 Å². The number of nitrogens with one attached hydrogen (secondary N) is 1. The summed E-state index contributed by atoms with van der Waals surface area (Å²) in [7, 11) is 1.60. The molecule has 0 aliphatic carbocycles. The predicted octanol–water partition coefficient (Wildman–Crippen LogP) is 4.27. The second-order valence-corrected chi connectivity index (χ2v) is 7.73. The molecule has 0 saturated heterocycles. The molecular weight excluding hydrogens is 444 g/mol. The average Bonchev–Trinajstić information content (AvgIpc) is 3.33. The summed E-state index contributed by atoms with van der Waals surface area (Å²) in [5.41, 5.74) is 3.45. The summed E-state index contributed by atoms with van der Waals surface area (Å²) in [6, 6.07) is 23.8. The van der Waals surface area contributed by atoms with Crippen LogP contribution in [0.1, 0.15) is 6.92 Å². The van der Waals surface area contributed by atoms with Gasteiger partial charge in [0.05, 0.1) is 12.8 Å². The standard InChI is InChI=1S/C26H22N6O3/c1-17(35-21-11-9-20(34-2)10-12-21)26(33)28-19-7-5-6-18(16-19)22-13-14-24-29-30-25(32(24)31-22)23-8-3-4-15-27-23/h3-17H,1-2H3,(H,28,33). The van der Waals surface area contributed by atoms with Crippen LogP contribution in [0, 0.1) is 0 Å². The van der Waals surface area contributed by atoms with Gasteiger partial charge < -0.3 is 14.8 Å². The number of rotatable bonds is 7. The van der Waals surface area contributed by atoms with Crippen LogP contribution in [0.4, 0.5) is 5.69 Å². The number of fused-ring (bicyclic) bond motifs is 1. The van der Waals surface area contributed by atoms with E-state index >= 15 is 0 Å². The van der Waals surface area contributed by atoms with E-state index in [0.29, 0.717) is 34.3 Å². The highest BCUT2D eigenvalue weighted by Crippen LogP contribution is 2.23. The van der Waals surface area contributed by atoms with Crippen LogP contribution in [0.3, 0.4) is 0 Å². The van der Waals surface area contributed by atoms with E-state index in [0.717, 1.165) is 11.3 Å². The molecule has 9 heteroatoms. The summed E-state index contributed by atoms with van der Waals surface area (Å²) in [6.07, 6.45) is 1.01. The van der Waals surface area contributed by atoms with Gasteiger partial charge in [0.15, 0.2) is 11.8 Å². The number of amides is 1. The van der Waals surface area contributed by atoms with Crippen LogP contribution in [-0.2, 0) is 4.79 Å². The van der Waals surface area contributed by atoms with Crippen LogP contribution >= 0.6 is 0 Å². The number of carbonyl (C=O) groups excluding carboxylic acids is 1. The van der Waals surface area contributed by atoms with Crippen molar-refractivity contribution >= 4 is 17.2 Å². The number of benzene rings is 2. The van der Waals surface area contributed by atoms with E-state index in [1.165, 1.54) is 0 Å². The maximum atomic E-state index is 12.7. The molecule has 0 bridgehead atoms. The Balaban J connectivity index is 1.34. The molecule has 0 fully saturated rings. The molecule has 1 unspecified atom stereocenters. The Hall–Kier alpha value is -4.79. The van der Waals surface area contributed by atoms with Crippen LogP contribution in [-0.4, -0.2) is 43.9 Å². The summed E-state index contributed by atoms with van der Waals surface area (Å²) >= 11 is 0. The van der Waals surface area contributed by atoms with Crippen molar-refractivity contribution in [3.63, 3.8) is 0 Å². The fourth-order valence-electron chi connectivity index (χ4n) is 3.51. The van der Waals surface area contributed by atoms with Gasteiger partial charge in [-0.15, -0.1) is 10.2 Å². The van der Waals surface area contributed by atoms with Crippen LogP contribution in [0.2, 0.25) is 0 Å². The molecule has 0 aliphatic rings. The van der Waals surface area contributed by atoms with Crippen molar-refractivity contribution in [1.29, 1.82) is 0 Å². The van der Waals surface area contributed by atoms with Crippen molar-refractivity contribution in [2.75, 3.05) is 12.4 Å². The Bertz CT molecular complexity index is 1470. The van der Waals surface area contributed by atoms with Gasteiger partial charge in [0, 0.05) is 17.4 Å². The Morgan fingerprint density at radius 1 is 0.914 bits per heavy atom. The van der Waals surface area contributed by atoms with Crippen molar-refractivity contribution in [3.8, 4) is 34.3 Å². The molecule has 9 nitrogen and oxygen atoms in total. The zero-order chi connectivity index (χ0) is 24.2. The van der Waals surface area contributed by atoms with Gasteiger partial charge >= 0.3 is 0 Å². The lowest BCUT2D eigenvalue weighted by Gasteiger charge is -2.15. The van der Waals surface area contributed by atoms with E-state index in [2.05, 4.69) is 20.5 Å². The minimum absolute atomic E-state index is 0.266. The highest BCUT2D eigenvalue weighted by molar-refractivity contribution is 5.94. The summed E-state index contributed by atoms with van der Waals surface area (Å²) in [4.78, 5) is 17.1. The number of aromatic nitrogens is 5. The first-order valence-corrected chi connectivity index (χ1v) is 11.0. The first-order chi connectivity index (χ1) is 17.1. The molecule has 0 saturated carbocycles. The maximum absolute atomic E-state index is 12.7. The molecule has 0 spiro atoms. The largest absolute Gasteiger partial charge is 0.497 e. The Labute approximate surface area is 201 Å². The van der Waals surface area contributed by atoms with Gasteiger partial charge in [0.2, 0.25) is 5.82 Å². The number of anilines is 1. The van der Waals surface area contributed by atoms with Crippen LogP contribution < -0.4 is 14.8 Å². The monoisotopic (exact) mass is 466 g/mol. The second-order valence-electron chi connectivity index (χ2n) is 7.73. The molecule has 1 atom stereocenters. The lowest BCUT2D eigenvalue weighted by molar-refractivity contribution is -0.122. The minimum atomic E-state index is -0.695. The van der Waals surface area contributed by atoms with E-state index in [1.54, 1.807) is 49.0 Å². The predicted molar refractivity (Wildman–Crippen MR) is 131 cm³/mol. The summed E-state index contributed by atoms with van der Waals surface area (Å²) in [6.45, 7) is 1.70. The third-order valence-electron chi connectivity index (χ3n) is 5.32. The van der Waals surface area contributed by atoms with Gasteiger partial charge in [-0.2, -0.15) is 9.61 Å². The molecule has 5 rings (SSSR count). The molecule has 3 aromatic heterocycles. The fourth-order valence-corrected chi connectivity index (χ4v) is 3.51. The molecule has 174 valence electrons. The smallest absolute Gasteiger partial charge is 0.265 e. The van der Waals surface area contributed by atoms with Gasteiger partial charge in [0.1, 0.15) is 17.2 Å². The molecule has 35 heavy (non-hydrogen) atoms. The minimum Gasteiger partial charge on any atom is -0.497 e. The number of ether oxygens (including phenoxy) is 2. The van der Waals surface area contributed by atoms with Crippen molar-refractivity contribution in [1.82, 2.24) is 24.8 Å². The van der Waals surface area contributed by atoms with Gasteiger partial charge in [-0.1, -0.05) is 18.2 Å². The van der Waals surface area contributed by atoms with Crippen molar-refractivity contribution in [3.05, 3.63) is 85.1 Å². The molecule has 0 aliphatic heterocycles. The molecule has 5 aromatic rings. The number of hydrogen-bond donors (Lipinski definition) is 1. The fraction of sp³-hybridized carbons (Fsp3) is 0.115. The van der Waals surface area contributed by atoms with Crippen molar-refractivity contribution in [2.24, 2.45) is 0 Å². The molecule has 1 N–H and O–H groups in total. The average molecular weight is 467 g/mol. The highest BCUT2D eigenvalue weighted by atomic mass is 16.5. The molecule has 3 heterocycles. The number of pyridine rings is 1. The Morgan fingerprint density at radius 2 is 1.74 bits per heavy atom. The summed E-state index contributed by atoms with van der Waals surface area (Å²) in [5.74, 6) is 1.59. The van der Waals surface area contributed by atoms with E-state index in [1.807, 2.05) is 54.6 Å². The lowest BCUT2D eigenvalue weighted by atomic mass is 10.1. The highest BCUT2D eigenvalue weighted by Gasteiger charge is 2.16. The number of carbonyl (C=O) groups is 1. The van der Waals surface area contributed by atoms with E-state index < -0.39 is 6.10 Å². The van der Waals surface area contributed by atoms with E-state index in [-0.39, 0.29) is 5.91 Å². The second kappa shape index (κ2) is 9.60. The Morgan fingerprint density at radius 3 is 2.51 bits per heavy atom. The van der Waals surface area contributed by atoms with Crippen molar-refractivity contribution in [2.45, 2.75) is 13.0 Å². The number of nitrogens with zero attached hydrogens (tertiary/aromatic N) is 5. The van der Waals surface area contributed by atoms with Crippen LogP contribution in [0.25, 0.3) is 28.4 Å².